The second-order valence-corrected chi connectivity index (χ2v) is 5.47. The molecule has 2 saturated carbocycles. The Labute approximate surface area is 108 Å². The van der Waals surface area contributed by atoms with Gasteiger partial charge in [0.05, 0.1) is 18.8 Å². The molecule has 3 rings (SSSR count). The Morgan fingerprint density at radius 1 is 1.00 bits per heavy atom. The number of aromatic nitrogens is 2. The molecule has 18 heavy (non-hydrogen) atoms. The van der Waals surface area contributed by atoms with E-state index in [-0.39, 0.29) is 0 Å². The predicted molar refractivity (Wildman–Crippen MR) is 67.8 cm³/mol. The smallest absolute Gasteiger partial charge is 0.223 e. The predicted octanol–water partition coefficient (Wildman–Crippen LogP) is 2.75. The first-order valence-corrected chi connectivity index (χ1v) is 6.90. The van der Waals surface area contributed by atoms with Crippen LogP contribution in [-0.4, -0.2) is 23.2 Å². The maximum absolute atomic E-state index is 5.77. The van der Waals surface area contributed by atoms with Crippen molar-refractivity contribution in [2.45, 2.75) is 39.0 Å². The molecule has 0 saturated heterocycles. The van der Waals surface area contributed by atoms with Crippen LogP contribution in [0.5, 0.6) is 11.8 Å². The summed E-state index contributed by atoms with van der Waals surface area (Å²) in [4.78, 5) is 8.39. The Hall–Kier alpha value is -1.32. The van der Waals surface area contributed by atoms with Crippen molar-refractivity contribution in [3.63, 3.8) is 0 Å². The van der Waals surface area contributed by atoms with E-state index in [1.54, 1.807) is 0 Å². The molecule has 0 unspecified atom stereocenters. The van der Waals surface area contributed by atoms with Gasteiger partial charge in [0.1, 0.15) is 6.33 Å². The molecule has 0 aliphatic heterocycles. The van der Waals surface area contributed by atoms with Gasteiger partial charge in [0, 0.05) is 0 Å². The van der Waals surface area contributed by atoms with Gasteiger partial charge in [-0.15, -0.1) is 0 Å². The highest BCUT2D eigenvalue weighted by Crippen LogP contribution is 2.31. The molecule has 98 valence electrons. The van der Waals surface area contributed by atoms with E-state index >= 15 is 0 Å². The summed E-state index contributed by atoms with van der Waals surface area (Å²) >= 11 is 0. The number of rotatable bonds is 6. The molecule has 2 aliphatic rings. The molecule has 0 amide bonds. The van der Waals surface area contributed by atoms with Crippen molar-refractivity contribution in [1.82, 2.24) is 9.97 Å². The molecule has 2 fully saturated rings. The lowest BCUT2D eigenvalue weighted by Gasteiger charge is -2.25. The molecule has 1 aromatic rings. The van der Waals surface area contributed by atoms with Crippen LogP contribution in [0.15, 0.2) is 6.33 Å². The fraction of sp³-hybridized carbons (Fsp3) is 0.714. The highest BCUT2D eigenvalue weighted by molar-refractivity contribution is 5.32. The van der Waals surface area contributed by atoms with Crippen LogP contribution in [0.3, 0.4) is 0 Å². The van der Waals surface area contributed by atoms with Crippen LogP contribution in [0.2, 0.25) is 0 Å². The second-order valence-electron chi connectivity index (χ2n) is 5.47. The topological polar surface area (TPSA) is 44.2 Å². The summed E-state index contributed by atoms with van der Waals surface area (Å²) in [5, 5.41) is 0. The summed E-state index contributed by atoms with van der Waals surface area (Å²) in [6, 6.07) is 0. The molecule has 1 aromatic heterocycles. The Bertz CT molecular complexity index is 414. The summed E-state index contributed by atoms with van der Waals surface area (Å²) in [5.41, 5.74) is 0.928. The van der Waals surface area contributed by atoms with Crippen molar-refractivity contribution >= 4 is 0 Å². The molecule has 0 spiro atoms. The largest absolute Gasteiger partial charge is 0.477 e. The fourth-order valence-electron chi connectivity index (χ4n) is 2.05. The van der Waals surface area contributed by atoms with Crippen LogP contribution in [0.1, 0.15) is 37.7 Å². The third kappa shape index (κ3) is 2.74. The summed E-state index contributed by atoms with van der Waals surface area (Å²) in [7, 11) is 0. The van der Waals surface area contributed by atoms with Crippen LogP contribution in [0, 0.1) is 18.8 Å². The van der Waals surface area contributed by atoms with E-state index < -0.39 is 0 Å². The zero-order valence-corrected chi connectivity index (χ0v) is 10.9. The van der Waals surface area contributed by atoms with Gasteiger partial charge < -0.3 is 9.47 Å². The average Bonchev–Trinajstić information content (AvgIpc) is 3.11. The minimum atomic E-state index is 0.681. The molecule has 0 bridgehead atoms. The van der Waals surface area contributed by atoms with Gasteiger partial charge in [-0.3, -0.25) is 0 Å². The van der Waals surface area contributed by atoms with Crippen molar-refractivity contribution in [1.29, 1.82) is 0 Å². The van der Waals surface area contributed by atoms with E-state index in [0.717, 1.165) is 30.6 Å². The van der Waals surface area contributed by atoms with Gasteiger partial charge in [0.2, 0.25) is 11.8 Å². The maximum Gasteiger partial charge on any atom is 0.223 e. The highest BCUT2D eigenvalue weighted by Gasteiger charge is 2.23. The lowest BCUT2D eigenvalue weighted by molar-refractivity contribution is 0.173. The third-order valence-corrected chi connectivity index (χ3v) is 3.82. The monoisotopic (exact) mass is 248 g/mol. The lowest BCUT2D eigenvalue weighted by atomic mass is 9.86. The summed E-state index contributed by atoms with van der Waals surface area (Å²) in [6.45, 7) is 3.53. The Morgan fingerprint density at radius 3 is 2.00 bits per heavy atom. The van der Waals surface area contributed by atoms with Gasteiger partial charge in [-0.25, -0.2) is 9.97 Å². The Morgan fingerprint density at radius 2 is 1.56 bits per heavy atom. The molecule has 1 heterocycles. The van der Waals surface area contributed by atoms with E-state index in [2.05, 4.69) is 9.97 Å². The molecule has 4 nitrogen and oxygen atoms in total. The molecule has 0 atom stereocenters. The number of ether oxygens (including phenoxy) is 2. The average molecular weight is 248 g/mol. The highest BCUT2D eigenvalue weighted by atomic mass is 16.5. The molecular weight excluding hydrogens is 228 g/mol. The van der Waals surface area contributed by atoms with Crippen molar-refractivity contribution in [2.75, 3.05) is 13.2 Å². The van der Waals surface area contributed by atoms with Crippen LogP contribution >= 0.6 is 0 Å². The molecule has 0 radical (unpaired) electrons. The van der Waals surface area contributed by atoms with E-state index in [9.17, 15) is 0 Å². The van der Waals surface area contributed by atoms with Crippen LogP contribution in [0.4, 0.5) is 0 Å². The van der Waals surface area contributed by atoms with E-state index in [0.29, 0.717) is 11.8 Å². The fourth-order valence-corrected chi connectivity index (χ4v) is 2.05. The maximum atomic E-state index is 5.77. The van der Waals surface area contributed by atoms with Gasteiger partial charge in [-0.2, -0.15) is 0 Å². The first-order chi connectivity index (χ1) is 8.83. The quantitative estimate of drug-likeness (QED) is 0.776. The zero-order valence-electron chi connectivity index (χ0n) is 10.9. The van der Waals surface area contributed by atoms with Gasteiger partial charge in [0.15, 0.2) is 0 Å². The molecule has 2 aliphatic carbocycles. The van der Waals surface area contributed by atoms with Crippen molar-refractivity contribution < 1.29 is 9.47 Å². The van der Waals surface area contributed by atoms with Gasteiger partial charge in [-0.05, 0) is 44.4 Å². The van der Waals surface area contributed by atoms with Gasteiger partial charge in [0.25, 0.3) is 0 Å². The van der Waals surface area contributed by atoms with Crippen molar-refractivity contribution in [3.8, 4) is 11.8 Å². The standard InChI is InChI=1S/C14H20N2O2/c1-10-13(17-7-11-3-2-4-11)15-9-16-14(10)18-8-12-5-6-12/h9,11-12H,2-8H2,1H3. The van der Waals surface area contributed by atoms with E-state index in [1.165, 1.54) is 38.4 Å². The zero-order chi connectivity index (χ0) is 12.4. The third-order valence-electron chi connectivity index (χ3n) is 3.82. The van der Waals surface area contributed by atoms with Crippen LogP contribution < -0.4 is 9.47 Å². The van der Waals surface area contributed by atoms with E-state index in [4.69, 9.17) is 9.47 Å². The molecule has 0 N–H and O–H groups in total. The van der Waals surface area contributed by atoms with Gasteiger partial charge in [-0.1, -0.05) is 6.42 Å². The van der Waals surface area contributed by atoms with Gasteiger partial charge >= 0.3 is 0 Å². The summed E-state index contributed by atoms with van der Waals surface area (Å²) in [5.74, 6) is 2.82. The summed E-state index contributed by atoms with van der Waals surface area (Å²) in [6.07, 6.45) is 8.02. The Kier molecular flexibility index (Phi) is 3.35. The minimum Gasteiger partial charge on any atom is -0.477 e. The normalized spacial score (nSPS) is 19.4. The van der Waals surface area contributed by atoms with Crippen LogP contribution in [0.25, 0.3) is 0 Å². The SMILES string of the molecule is Cc1c(OCC2CCC2)ncnc1OCC1CC1. The molecular formula is C14H20N2O2. The second kappa shape index (κ2) is 5.12. The minimum absolute atomic E-state index is 0.681. The number of hydrogen-bond donors (Lipinski definition) is 0. The van der Waals surface area contributed by atoms with Crippen LogP contribution in [-0.2, 0) is 0 Å². The van der Waals surface area contributed by atoms with Crippen molar-refractivity contribution in [3.05, 3.63) is 11.9 Å². The summed E-state index contributed by atoms with van der Waals surface area (Å²) < 4.78 is 11.5. The van der Waals surface area contributed by atoms with Crippen molar-refractivity contribution in [2.24, 2.45) is 11.8 Å². The first kappa shape index (κ1) is 11.8. The molecule has 0 aromatic carbocycles. The van der Waals surface area contributed by atoms with E-state index in [1.807, 2.05) is 6.92 Å². The first-order valence-electron chi connectivity index (χ1n) is 6.90. The number of hydrogen-bond acceptors (Lipinski definition) is 4. The molecule has 4 heteroatoms. The number of nitrogens with zero attached hydrogens (tertiary/aromatic N) is 2. The lowest BCUT2D eigenvalue weighted by Crippen LogP contribution is -2.20. The Balaban J connectivity index is 1.59.